The van der Waals surface area contributed by atoms with Crippen LogP contribution in [0.4, 0.5) is 5.69 Å². The van der Waals surface area contributed by atoms with Crippen molar-refractivity contribution in [2.75, 3.05) is 11.4 Å². The molecule has 0 bridgehead atoms. The number of amides is 2. The lowest BCUT2D eigenvalue weighted by atomic mass is 10.1. The number of carbonyl (C=O) groups excluding carboxylic acids is 2. The molecule has 0 saturated carbocycles. The number of para-hydroxylation sites is 2. The maximum absolute atomic E-state index is 12.6. The predicted octanol–water partition coefficient (Wildman–Crippen LogP) is 4.07. The second kappa shape index (κ2) is 8.07. The molecule has 0 aliphatic carbocycles. The predicted molar refractivity (Wildman–Crippen MR) is 112 cm³/mol. The van der Waals surface area contributed by atoms with E-state index in [0.717, 1.165) is 18.4 Å². The summed E-state index contributed by atoms with van der Waals surface area (Å²) in [6.07, 6.45) is 4.56. The average molecular weight is 396 g/mol. The van der Waals surface area contributed by atoms with Gasteiger partial charge >= 0.3 is 0 Å². The van der Waals surface area contributed by atoms with Crippen molar-refractivity contribution in [1.82, 2.24) is 10.3 Å². The van der Waals surface area contributed by atoms with Crippen LogP contribution in [0.5, 0.6) is 0 Å². The number of hydrogen-bond acceptors (Lipinski definition) is 2. The Balaban J connectivity index is 1.29. The van der Waals surface area contributed by atoms with Crippen molar-refractivity contribution in [3.8, 4) is 0 Å². The van der Waals surface area contributed by atoms with Crippen molar-refractivity contribution >= 4 is 40.0 Å². The van der Waals surface area contributed by atoms with Gasteiger partial charge < -0.3 is 15.2 Å². The first-order valence-electron chi connectivity index (χ1n) is 9.54. The van der Waals surface area contributed by atoms with Gasteiger partial charge in [-0.15, -0.1) is 0 Å². The first-order valence-corrected chi connectivity index (χ1v) is 9.91. The van der Waals surface area contributed by atoms with Crippen LogP contribution in [0.25, 0.3) is 10.9 Å². The van der Waals surface area contributed by atoms with Gasteiger partial charge in [0.05, 0.1) is 10.7 Å². The Hall–Kier alpha value is -2.79. The number of nitrogens with one attached hydrogen (secondary N) is 2. The number of hydrogen-bond donors (Lipinski definition) is 2. The molecule has 1 aromatic heterocycles. The third kappa shape index (κ3) is 3.76. The van der Waals surface area contributed by atoms with Crippen LogP contribution in [0, 0.1) is 0 Å². The fourth-order valence-electron chi connectivity index (χ4n) is 3.77. The lowest BCUT2D eigenvalue weighted by Gasteiger charge is -2.18. The molecule has 4 rings (SSSR count). The van der Waals surface area contributed by atoms with Crippen LogP contribution < -0.4 is 10.2 Å². The number of aromatic amines is 1. The summed E-state index contributed by atoms with van der Waals surface area (Å²) in [5, 5.41) is 4.63. The molecule has 1 fully saturated rings. The minimum atomic E-state index is -0.475. The topological polar surface area (TPSA) is 65.2 Å². The van der Waals surface area contributed by atoms with E-state index in [9.17, 15) is 9.59 Å². The number of halogens is 1. The highest BCUT2D eigenvalue weighted by Gasteiger charge is 2.34. The Morgan fingerprint density at radius 1 is 1.18 bits per heavy atom. The minimum absolute atomic E-state index is 0.0841. The molecule has 5 nitrogen and oxygen atoms in total. The molecule has 0 spiro atoms. The van der Waals surface area contributed by atoms with E-state index in [4.69, 9.17) is 11.6 Å². The fraction of sp³-hybridized carbons (Fsp3) is 0.273. The van der Waals surface area contributed by atoms with Crippen LogP contribution in [-0.4, -0.2) is 29.4 Å². The monoisotopic (exact) mass is 395 g/mol. The summed E-state index contributed by atoms with van der Waals surface area (Å²) >= 11 is 6.20. The molecule has 1 saturated heterocycles. The van der Waals surface area contributed by atoms with Crippen molar-refractivity contribution < 1.29 is 9.59 Å². The van der Waals surface area contributed by atoms with Crippen molar-refractivity contribution in [2.24, 2.45) is 0 Å². The van der Waals surface area contributed by atoms with Gasteiger partial charge in [0.1, 0.15) is 6.04 Å². The molecular formula is C22H22ClN3O2. The van der Waals surface area contributed by atoms with E-state index >= 15 is 0 Å². The molecule has 144 valence electrons. The Morgan fingerprint density at radius 2 is 1.96 bits per heavy atom. The molecule has 2 heterocycles. The molecule has 1 atom stereocenters. The first-order chi connectivity index (χ1) is 13.6. The quantitative estimate of drug-likeness (QED) is 0.660. The lowest BCUT2D eigenvalue weighted by Crippen LogP contribution is -2.41. The molecular weight excluding hydrogens is 374 g/mol. The fourth-order valence-corrected chi connectivity index (χ4v) is 4.01. The molecule has 2 amide bonds. The van der Waals surface area contributed by atoms with Crippen molar-refractivity contribution in [1.29, 1.82) is 0 Å². The average Bonchev–Trinajstić information content (AvgIpc) is 3.27. The zero-order chi connectivity index (χ0) is 19.5. The minimum Gasteiger partial charge on any atom is -0.361 e. The van der Waals surface area contributed by atoms with Gasteiger partial charge in [0.2, 0.25) is 11.8 Å². The standard InChI is InChI=1S/C22H22ClN3O2/c23-17-8-2-4-10-20(17)26-13-12-19(22(26)28)25-21(27)11-5-6-15-14-24-18-9-3-1-7-16(15)18/h1-4,7-10,14,19,24H,5-6,11-13H2,(H,25,27). The summed E-state index contributed by atoms with van der Waals surface area (Å²) in [6, 6.07) is 14.9. The van der Waals surface area contributed by atoms with Gasteiger partial charge in [0, 0.05) is 30.1 Å². The maximum Gasteiger partial charge on any atom is 0.249 e. The highest BCUT2D eigenvalue weighted by atomic mass is 35.5. The highest BCUT2D eigenvalue weighted by molar-refractivity contribution is 6.34. The van der Waals surface area contributed by atoms with Crippen LogP contribution in [0.15, 0.2) is 54.7 Å². The molecule has 1 unspecified atom stereocenters. The van der Waals surface area contributed by atoms with E-state index in [2.05, 4.69) is 16.4 Å². The van der Waals surface area contributed by atoms with E-state index in [1.165, 1.54) is 10.9 Å². The number of anilines is 1. The number of aryl methyl sites for hydroxylation is 1. The lowest BCUT2D eigenvalue weighted by molar-refractivity contribution is -0.126. The molecule has 28 heavy (non-hydrogen) atoms. The summed E-state index contributed by atoms with van der Waals surface area (Å²) in [5.74, 6) is -0.183. The zero-order valence-corrected chi connectivity index (χ0v) is 16.2. The summed E-state index contributed by atoms with van der Waals surface area (Å²) in [6.45, 7) is 0.558. The smallest absolute Gasteiger partial charge is 0.249 e. The normalized spacial score (nSPS) is 16.7. The maximum atomic E-state index is 12.6. The molecule has 3 aromatic rings. The second-order valence-corrected chi connectivity index (χ2v) is 7.47. The molecule has 2 aromatic carbocycles. The van der Waals surface area contributed by atoms with E-state index < -0.39 is 6.04 Å². The van der Waals surface area contributed by atoms with Gasteiger partial charge in [-0.05, 0) is 43.0 Å². The van der Waals surface area contributed by atoms with Crippen LogP contribution in [0.2, 0.25) is 5.02 Å². The molecule has 2 N–H and O–H groups in total. The summed E-state index contributed by atoms with van der Waals surface area (Å²) in [4.78, 5) is 29.9. The van der Waals surface area contributed by atoms with E-state index in [-0.39, 0.29) is 11.8 Å². The van der Waals surface area contributed by atoms with Crippen LogP contribution in [0.3, 0.4) is 0 Å². The summed E-state index contributed by atoms with van der Waals surface area (Å²) in [5.41, 5.74) is 3.02. The summed E-state index contributed by atoms with van der Waals surface area (Å²) < 4.78 is 0. The molecule has 0 radical (unpaired) electrons. The number of aromatic nitrogens is 1. The molecule has 1 aliphatic heterocycles. The van der Waals surface area contributed by atoms with Gasteiger partial charge in [-0.3, -0.25) is 9.59 Å². The van der Waals surface area contributed by atoms with Gasteiger partial charge in [0.15, 0.2) is 0 Å². The van der Waals surface area contributed by atoms with E-state index in [1.54, 1.807) is 11.0 Å². The number of H-pyrrole nitrogens is 1. The van der Waals surface area contributed by atoms with E-state index in [0.29, 0.717) is 30.1 Å². The Bertz CT molecular complexity index is 1010. The number of benzene rings is 2. The van der Waals surface area contributed by atoms with Gasteiger partial charge in [-0.1, -0.05) is 41.9 Å². The largest absolute Gasteiger partial charge is 0.361 e. The Labute approximate surface area is 168 Å². The van der Waals surface area contributed by atoms with Crippen molar-refractivity contribution in [2.45, 2.75) is 31.7 Å². The van der Waals surface area contributed by atoms with Crippen LogP contribution >= 0.6 is 11.6 Å². The Kier molecular flexibility index (Phi) is 5.35. The zero-order valence-electron chi connectivity index (χ0n) is 15.5. The highest BCUT2D eigenvalue weighted by Crippen LogP contribution is 2.29. The molecule has 6 heteroatoms. The number of carbonyl (C=O) groups is 2. The van der Waals surface area contributed by atoms with Gasteiger partial charge in [-0.25, -0.2) is 0 Å². The number of rotatable bonds is 6. The number of fused-ring (bicyclic) bond motifs is 1. The van der Waals surface area contributed by atoms with E-state index in [1.807, 2.05) is 42.6 Å². The first kappa shape index (κ1) is 18.6. The molecule has 1 aliphatic rings. The third-order valence-electron chi connectivity index (χ3n) is 5.21. The van der Waals surface area contributed by atoms with Crippen molar-refractivity contribution in [3.05, 3.63) is 65.3 Å². The number of nitrogens with zero attached hydrogens (tertiary/aromatic N) is 1. The third-order valence-corrected chi connectivity index (χ3v) is 5.53. The van der Waals surface area contributed by atoms with Crippen molar-refractivity contribution in [3.63, 3.8) is 0 Å². The summed E-state index contributed by atoms with van der Waals surface area (Å²) in [7, 11) is 0. The second-order valence-electron chi connectivity index (χ2n) is 7.06. The van der Waals surface area contributed by atoms with Gasteiger partial charge in [-0.2, -0.15) is 0 Å². The SMILES string of the molecule is O=C(CCCc1c[nH]c2ccccc12)NC1CCN(c2ccccc2Cl)C1=O. The van der Waals surface area contributed by atoms with Crippen LogP contribution in [-0.2, 0) is 16.0 Å². The Morgan fingerprint density at radius 3 is 2.82 bits per heavy atom. The van der Waals surface area contributed by atoms with Crippen LogP contribution in [0.1, 0.15) is 24.8 Å². The van der Waals surface area contributed by atoms with Gasteiger partial charge in [0.25, 0.3) is 0 Å².